The van der Waals surface area contributed by atoms with Crippen molar-refractivity contribution in [2.75, 3.05) is 5.32 Å². The van der Waals surface area contributed by atoms with Crippen LogP contribution in [-0.2, 0) is 4.79 Å². The minimum atomic E-state index is -1.13. The predicted molar refractivity (Wildman–Crippen MR) is 78.2 cm³/mol. The standard InChI is InChI=1S/C13H9ClN2O3S/c14-11-3-1-8(20-11)2-4-12(17)16-10-7-15-6-5-9(10)13(18)19/h1-7H,(H,16,17)(H,18,19). The molecule has 2 N–H and O–H groups in total. The van der Waals surface area contributed by atoms with E-state index in [1.165, 1.54) is 35.9 Å². The molecule has 0 atom stereocenters. The van der Waals surface area contributed by atoms with Gasteiger partial charge in [-0.3, -0.25) is 9.78 Å². The number of carboxylic acid groups (broad SMARTS) is 1. The first kappa shape index (κ1) is 14.2. The smallest absolute Gasteiger partial charge is 0.337 e. The topological polar surface area (TPSA) is 79.3 Å². The summed E-state index contributed by atoms with van der Waals surface area (Å²) in [7, 11) is 0. The molecule has 102 valence electrons. The molecule has 0 bridgehead atoms. The Labute approximate surface area is 123 Å². The number of amides is 1. The minimum absolute atomic E-state index is 0.0130. The predicted octanol–water partition coefficient (Wildman–Crippen LogP) is 3.15. The molecule has 0 saturated carbocycles. The van der Waals surface area contributed by atoms with Crippen molar-refractivity contribution in [3.63, 3.8) is 0 Å². The van der Waals surface area contributed by atoms with E-state index in [2.05, 4.69) is 10.3 Å². The van der Waals surface area contributed by atoms with E-state index in [4.69, 9.17) is 16.7 Å². The average molecular weight is 309 g/mol. The molecule has 1 amide bonds. The Morgan fingerprint density at radius 1 is 1.35 bits per heavy atom. The number of carbonyl (C=O) groups excluding carboxylic acids is 1. The number of anilines is 1. The third kappa shape index (κ3) is 3.66. The number of carboxylic acids is 1. The van der Waals surface area contributed by atoms with Gasteiger partial charge in [0.2, 0.25) is 5.91 Å². The van der Waals surface area contributed by atoms with Gasteiger partial charge in [-0.2, -0.15) is 0 Å². The summed E-state index contributed by atoms with van der Waals surface area (Å²) in [4.78, 5) is 27.3. The molecule has 0 aromatic carbocycles. The highest BCUT2D eigenvalue weighted by atomic mass is 35.5. The molecule has 7 heteroatoms. The summed E-state index contributed by atoms with van der Waals surface area (Å²) in [5, 5.41) is 11.5. The van der Waals surface area contributed by atoms with Crippen LogP contribution in [0, 0.1) is 0 Å². The number of halogens is 1. The average Bonchev–Trinajstić information content (AvgIpc) is 2.83. The molecular formula is C13H9ClN2O3S. The van der Waals surface area contributed by atoms with Crippen LogP contribution in [-0.4, -0.2) is 22.0 Å². The van der Waals surface area contributed by atoms with Crippen LogP contribution < -0.4 is 5.32 Å². The molecule has 2 aromatic rings. The fourth-order valence-corrected chi connectivity index (χ4v) is 2.39. The Hall–Kier alpha value is -2.18. The molecule has 0 unspecified atom stereocenters. The Balaban J connectivity index is 2.09. The van der Waals surface area contributed by atoms with Crippen molar-refractivity contribution < 1.29 is 14.7 Å². The van der Waals surface area contributed by atoms with Crippen molar-refractivity contribution in [3.05, 3.63) is 51.4 Å². The summed E-state index contributed by atoms with van der Waals surface area (Å²) < 4.78 is 0.630. The fourth-order valence-electron chi connectivity index (χ4n) is 1.43. The van der Waals surface area contributed by atoms with E-state index in [0.717, 1.165) is 4.88 Å². The molecular weight excluding hydrogens is 300 g/mol. The summed E-state index contributed by atoms with van der Waals surface area (Å²) in [5.74, 6) is -1.57. The number of hydrogen-bond donors (Lipinski definition) is 2. The lowest BCUT2D eigenvalue weighted by Crippen LogP contribution is -2.12. The van der Waals surface area contributed by atoms with Crippen molar-refractivity contribution in [2.24, 2.45) is 0 Å². The highest BCUT2D eigenvalue weighted by Gasteiger charge is 2.10. The number of rotatable bonds is 4. The first-order valence-electron chi connectivity index (χ1n) is 5.48. The number of pyridine rings is 1. The number of nitrogens with zero attached hydrogens (tertiary/aromatic N) is 1. The molecule has 0 fully saturated rings. The van der Waals surface area contributed by atoms with E-state index >= 15 is 0 Å². The number of aromatic carboxylic acids is 1. The van der Waals surface area contributed by atoms with Gasteiger partial charge in [0.25, 0.3) is 0 Å². The van der Waals surface area contributed by atoms with Crippen LogP contribution >= 0.6 is 22.9 Å². The normalized spacial score (nSPS) is 10.7. The van der Waals surface area contributed by atoms with E-state index < -0.39 is 11.9 Å². The molecule has 2 rings (SSSR count). The molecule has 20 heavy (non-hydrogen) atoms. The van der Waals surface area contributed by atoms with Gasteiger partial charge in [-0.05, 0) is 24.3 Å². The maximum absolute atomic E-state index is 11.7. The first-order valence-corrected chi connectivity index (χ1v) is 6.67. The zero-order chi connectivity index (χ0) is 14.5. The van der Waals surface area contributed by atoms with Gasteiger partial charge in [0, 0.05) is 17.2 Å². The van der Waals surface area contributed by atoms with Gasteiger partial charge in [0.1, 0.15) is 0 Å². The van der Waals surface area contributed by atoms with E-state index in [-0.39, 0.29) is 11.3 Å². The van der Waals surface area contributed by atoms with Crippen LogP contribution in [0.5, 0.6) is 0 Å². The fraction of sp³-hybridized carbons (Fsp3) is 0. The number of nitrogens with one attached hydrogen (secondary N) is 1. The van der Waals surface area contributed by atoms with Gasteiger partial charge in [-0.15, -0.1) is 11.3 Å². The van der Waals surface area contributed by atoms with Crippen LogP contribution in [0.15, 0.2) is 36.7 Å². The van der Waals surface area contributed by atoms with Crippen molar-refractivity contribution in [1.82, 2.24) is 4.98 Å². The van der Waals surface area contributed by atoms with Gasteiger partial charge >= 0.3 is 5.97 Å². The monoisotopic (exact) mass is 308 g/mol. The highest BCUT2D eigenvalue weighted by molar-refractivity contribution is 7.17. The van der Waals surface area contributed by atoms with E-state index in [1.807, 2.05) is 0 Å². The van der Waals surface area contributed by atoms with Gasteiger partial charge in [-0.1, -0.05) is 11.6 Å². The third-order valence-corrected chi connectivity index (χ3v) is 3.50. The maximum atomic E-state index is 11.7. The highest BCUT2D eigenvalue weighted by Crippen LogP contribution is 2.22. The molecule has 0 aliphatic heterocycles. The summed E-state index contributed by atoms with van der Waals surface area (Å²) >= 11 is 7.11. The van der Waals surface area contributed by atoms with Crippen molar-refractivity contribution in [1.29, 1.82) is 0 Å². The Morgan fingerprint density at radius 2 is 2.15 bits per heavy atom. The molecule has 0 aliphatic rings. The second kappa shape index (κ2) is 6.31. The van der Waals surface area contributed by atoms with E-state index in [1.54, 1.807) is 18.2 Å². The minimum Gasteiger partial charge on any atom is -0.478 e. The molecule has 2 heterocycles. The second-order valence-electron chi connectivity index (χ2n) is 3.69. The summed E-state index contributed by atoms with van der Waals surface area (Å²) in [6.45, 7) is 0. The zero-order valence-corrected chi connectivity index (χ0v) is 11.6. The van der Waals surface area contributed by atoms with E-state index in [9.17, 15) is 9.59 Å². The van der Waals surface area contributed by atoms with Crippen LogP contribution in [0.25, 0.3) is 6.08 Å². The van der Waals surface area contributed by atoms with Crippen molar-refractivity contribution in [3.8, 4) is 0 Å². The van der Waals surface area contributed by atoms with Crippen LogP contribution in [0.4, 0.5) is 5.69 Å². The number of aromatic nitrogens is 1. The maximum Gasteiger partial charge on any atom is 0.337 e. The number of hydrogen-bond acceptors (Lipinski definition) is 4. The Kier molecular flexibility index (Phi) is 4.49. The Morgan fingerprint density at radius 3 is 2.80 bits per heavy atom. The lowest BCUT2D eigenvalue weighted by atomic mass is 10.2. The summed E-state index contributed by atoms with van der Waals surface area (Å²) in [5.41, 5.74) is 0.139. The Bertz CT molecular complexity index is 682. The number of thiophene rings is 1. The van der Waals surface area contributed by atoms with Gasteiger partial charge in [0.15, 0.2) is 0 Å². The summed E-state index contributed by atoms with van der Waals surface area (Å²) in [6.07, 6.45) is 5.54. The zero-order valence-electron chi connectivity index (χ0n) is 10.0. The molecule has 0 saturated heterocycles. The van der Waals surface area contributed by atoms with Crippen LogP contribution in [0.1, 0.15) is 15.2 Å². The van der Waals surface area contributed by atoms with E-state index in [0.29, 0.717) is 4.34 Å². The van der Waals surface area contributed by atoms with Crippen LogP contribution in [0.3, 0.4) is 0 Å². The molecule has 0 aliphatic carbocycles. The van der Waals surface area contributed by atoms with Gasteiger partial charge < -0.3 is 10.4 Å². The summed E-state index contributed by atoms with van der Waals surface area (Å²) in [6, 6.07) is 4.83. The van der Waals surface area contributed by atoms with Crippen molar-refractivity contribution in [2.45, 2.75) is 0 Å². The number of carbonyl (C=O) groups is 2. The molecule has 2 aromatic heterocycles. The van der Waals surface area contributed by atoms with Crippen molar-refractivity contribution >= 4 is 46.6 Å². The SMILES string of the molecule is O=C(C=Cc1ccc(Cl)s1)Nc1cnccc1C(=O)O. The molecule has 5 nitrogen and oxygen atoms in total. The van der Waals surface area contributed by atoms with Gasteiger partial charge in [0.05, 0.1) is 21.8 Å². The first-order chi connectivity index (χ1) is 9.56. The lowest BCUT2D eigenvalue weighted by molar-refractivity contribution is -0.111. The second-order valence-corrected chi connectivity index (χ2v) is 5.44. The molecule has 0 spiro atoms. The van der Waals surface area contributed by atoms with Gasteiger partial charge in [-0.25, -0.2) is 4.79 Å². The quantitative estimate of drug-likeness (QED) is 0.850. The lowest BCUT2D eigenvalue weighted by Gasteiger charge is -2.04. The third-order valence-electron chi connectivity index (χ3n) is 2.30. The largest absolute Gasteiger partial charge is 0.478 e. The van der Waals surface area contributed by atoms with Crippen LogP contribution in [0.2, 0.25) is 4.34 Å². The molecule has 0 radical (unpaired) electrons.